The maximum Gasteiger partial charge on any atom is 0.317 e. The zero-order valence-electron chi connectivity index (χ0n) is 11.1. The number of carboxylic acids is 1. The summed E-state index contributed by atoms with van der Waals surface area (Å²) in [5.74, 6) is -0.581. The summed E-state index contributed by atoms with van der Waals surface area (Å²) >= 11 is 0. The first-order valence-corrected chi connectivity index (χ1v) is 6.51. The quantitative estimate of drug-likeness (QED) is 0.528. The molecule has 1 saturated heterocycles. The van der Waals surface area contributed by atoms with Gasteiger partial charge in [-0.3, -0.25) is 4.79 Å². The highest BCUT2D eigenvalue weighted by Crippen LogP contribution is 2.11. The fraction of sp³-hybridized carbons (Fsp3) is 0.833. The summed E-state index contributed by atoms with van der Waals surface area (Å²) < 4.78 is 0. The van der Waals surface area contributed by atoms with Gasteiger partial charge >= 0.3 is 12.0 Å². The van der Waals surface area contributed by atoms with Crippen molar-refractivity contribution in [3.8, 4) is 0 Å². The number of hydrogen-bond acceptors (Lipinski definition) is 4. The van der Waals surface area contributed by atoms with Gasteiger partial charge < -0.3 is 25.5 Å². The molecule has 7 heteroatoms. The van der Waals surface area contributed by atoms with Crippen LogP contribution < -0.4 is 5.32 Å². The molecule has 4 N–H and O–H groups in total. The predicted molar refractivity (Wildman–Crippen MR) is 67.6 cm³/mol. The van der Waals surface area contributed by atoms with Crippen molar-refractivity contribution < 1.29 is 24.9 Å². The number of aliphatic hydroxyl groups excluding tert-OH is 2. The molecule has 7 nitrogen and oxygen atoms in total. The first kappa shape index (κ1) is 15.7. The van der Waals surface area contributed by atoms with E-state index in [1.54, 1.807) is 0 Å². The topological polar surface area (TPSA) is 110 Å². The van der Waals surface area contributed by atoms with Gasteiger partial charge in [0.05, 0.1) is 25.3 Å². The number of rotatable bonds is 6. The lowest BCUT2D eigenvalue weighted by atomic mass is 10.0. The Hall–Kier alpha value is -1.34. The van der Waals surface area contributed by atoms with E-state index >= 15 is 0 Å². The molecule has 0 aliphatic carbocycles. The van der Waals surface area contributed by atoms with Crippen LogP contribution >= 0.6 is 0 Å². The van der Waals surface area contributed by atoms with Crippen LogP contribution in [0.4, 0.5) is 4.79 Å². The van der Waals surface area contributed by atoms with Crippen LogP contribution in [0.2, 0.25) is 0 Å². The number of nitrogens with zero attached hydrogens (tertiary/aromatic N) is 1. The van der Waals surface area contributed by atoms with Crippen molar-refractivity contribution in [1.82, 2.24) is 10.2 Å². The Bertz CT molecular complexity index is 313. The molecule has 1 rings (SSSR count). The lowest BCUT2D eigenvalue weighted by Crippen LogP contribution is -2.39. The molecule has 0 saturated carbocycles. The Balaban J connectivity index is 2.15. The zero-order chi connectivity index (χ0) is 14.4. The van der Waals surface area contributed by atoms with Crippen LogP contribution in [0.1, 0.15) is 26.2 Å². The van der Waals surface area contributed by atoms with E-state index in [0.717, 1.165) is 0 Å². The van der Waals surface area contributed by atoms with E-state index in [-0.39, 0.29) is 31.5 Å². The van der Waals surface area contributed by atoms with Crippen molar-refractivity contribution >= 4 is 12.0 Å². The van der Waals surface area contributed by atoms with Gasteiger partial charge in [-0.1, -0.05) is 6.92 Å². The maximum atomic E-state index is 11.7. The molecule has 0 aromatic carbocycles. The van der Waals surface area contributed by atoms with Gasteiger partial charge in [0, 0.05) is 13.0 Å². The number of hydrogen-bond donors (Lipinski definition) is 4. The number of likely N-dealkylation sites (tertiary alicyclic amines) is 1. The molecule has 1 heterocycles. The Morgan fingerprint density at radius 3 is 2.37 bits per heavy atom. The average molecular weight is 274 g/mol. The minimum absolute atomic E-state index is 0.139. The van der Waals surface area contributed by atoms with Gasteiger partial charge in [0.2, 0.25) is 0 Å². The van der Waals surface area contributed by atoms with Crippen LogP contribution in [0.5, 0.6) is 0 Å². The summed E-state index contributed by atoms with van der Waals surface area (Å²) in [6.07, 6.45) is -0.315. The second-order valence-electron chi connectivity index (χ2n) is 5.10. The average Bonchev–Trinajstić information content (AvgIpc) is 2.67. The summed E-state index contributed by atoms with van der Waals surface area (Å²) in [4.78, 5) is 23.5. The summed E-state index contributed by atoms with van der Waals surface area (Å²) in [7, 11) is 0. The second kappa shape index (κ2) is 7.30. The van der Waals surface area contributed by atoms with Crippen LogP contribution in [-0.4, -0.2) is 64.1 Å². The molecule has 1 aliphatic heterocycles. The molecule has 1 fully saturated rings. The van der Waals surface area contributed by atoms with Crippen LogP contribution in [0, 0.1) is 5.92 Å². The minimum Gasteiger partial charge on any atom is -0.481 e. The van der Waals surface area contributed by atoms with Crippen molar-refractivity contribution in [1.29, 1.82) is 0 Å². The summed E-state index contributed by atoms with van der Waals surface area (Å²) in [5.41, 5.74) is 0. The zero-order valence-corrected chi connectivity index (χ0v) is 11.1. The van der Waals surface area contributed by atoms with E-state index in [1.165, 1.54) is 4.90 Å². The third-order valence-corrected chi connectivity index (χ3v) is 3.31. The van der Waals surface area contributed by atoms with E-state index in [9.17, 15) is 19.8 Å². The molecular weight excluding hydrogens is 252 g/mol. The minimum atomic E-state index is -0.875. The smallest absolute Gasteiger partial charge is 0.317 e. The highest BCUT2D eigenvalue weighted by molar-refractivity contribution is 5.74. The van der Waals surface area contributed by atoms with Crippen molar-refractivity contribution in [2.45, 2.75) is 38.4 Å². The number of carbonyl (C=O) groups excluding carboxylic acids is 1. The number of nitrogens with one attached hydrogen (secondary N) is 1. The third kappa shape index (κ3) is 5.44. The van der Waals surface area contributed by atoms with Gasteiger partial charge in [-0.05, 0) is 18.8 Å². The number of aliphatic hydroxyl groups is 2. The molecule has 110 valence electrons. The second-order valence-corrected chi connectivity index (χ2v) is 5.10. The van der Waals surface area contributed by atoms with E-state index in [0.29, 0.717) is 19.4 Å². The maximum absolute atomic E-state index is 11.7. The van der Waals surface area contributed by atoms with Crippen molar-refractivity contribution in [3.05, 3.63) is 0 Å². The number of urea groups is 1. The molecule has 0 radical (unpaired) electrons. The van der Waals surface area contributed by atoms with Crippen molar-refractivity contribution in [2.75, 3.05) is 19.6 Å². The number of aliphatic carboxylic acids is 1. The van der Waals surface area contributed by atoms with Crippen molar-refractivity contribution in [3.63, 3.8) is 0 Å². The SMILES string of the molecule is CC(CCNC(=O)N1CC(O)C(O)C1)CCC(=O)O. The molecule has 3 unspecified atom stereocenters. The van der Waals surface area contributed by atoms with Gasteiger partial charge in [0.15, 0.2) is 0 Å². The van der Waals surface area contributed by atoms with Crippen molar-refractivity contribution in [2.24, 2.45) is 5.92 Å². The van der Waals surface area contributed by atoms with Gasteiger partial charge in [0.25, 0.3) is 0 Å². The lowest BCUT2D eigenvalue weighted by Gasteiger charge is -2.17. The highest BCUT2D eigenvalue weighted by Gasteiger charge is 2.32. The largest absolute Gasteiger partial charge is 0.481 e. The van der Waals surface area contributed by atoms with E-state index in [4.69, 9.17) is 5.11 Å². The molecule has 19 heavy (non-hydrogen) atoms. The molecule has 3 atom stereocenters. The molecule has 0 aromatic heterocycles. The molecule has 2 amide bonds. The first-order valence-electron chi connectivity index (χ1n) is 6.51. The number of amides is 2. The van der Waals surface area contributed by atoms with E-state index < -0.39 is 18.2 Å². The van der Waals surface area contributed by atoms with Gasteiger partial charge in [-0.15, -0.1) is 0 Å². The normalized spacial score (nSPS) is 24.3. The molecule has 0 aromatic rings. The molecule has 0 spiro atoms. The van der Waals surface area contributed by atoms with Crippen LogP contribution in [0.25, 0.3) is 0 Å². The molecular formula is C12H22N2O5. The number of carbonyl (C=O) groups is 2. The first-order chi connectivity index (χ1) is 8.90. The van der Waals surface area contributed by atoms with Gasteiger partial charge in [-0.25, -0.2) is 4.79 Å². The molecule has 0 bridgehead atoms. The van der Waals surface area contributed by atoms with Crippen LogP contribution in [0.3, 0.4) is 0 Å². The lowest BCUT2D eigenvalue weighted by molar-refractivity contribution is -0.137. The van der Waals surface area contributed by atoms with Gasteiger partial charge in [0.1, 0.15) is 0 Å². The predicted octanol–water partition coefficient (Wildman–Crippen LogP) is -0.376. The Morgan fingerprint density at radius 1 is 1.26 bits per heavy atom. The Morgan fingerprint density at radius 2 is 1.84 bits per heavy atom. The Labute approximate surface area is 112 Å². The Kier molecular flexibility index (Phi) is 6.04. The number of β-amino-alcohol motifs (C(OH)–C–C–N with tert-alkyl or cyclic N) is 2. The number of carboxylic acid groups (broad SMARTS) is 1. The fourth-order valence-corrected chi connectivity index (χ4v) is 1.99. The van der Waals surface area contributed by atoms with E-state index in [2.05, 4.69) is 5.32 Å². The third-order valence-electron chi connectivity index (χ3n) is 3.31. The van der Waals surface area contributed by atoms with Gasteiger partial charge in [-0.2, -0.15) is 0 Å². The monoisotopic (exact) mass is 274 g/mol. The highest BCUT2D eigenvalue weighted by atomic mass is 16.4. The van der Waals surface area contributed by atoms with Crippen LogP contribution in [-0.2, 0) is 4.79 Å². The van der Waals surface area contributed by atoms with E-state index in [1.807, 2.05) is 6.92 Å². The fourth-order valence-electron chi connectivity index (χ4n) is 1.99. The molecule has 1 aliphatic rings. The summed E-state index contributed by atoms with van der Waals surface area (Å²) in [6, 6.07) is -0.305. The standard InChI is InChI=1S/C12H22N2O5/c1-8(2-3-11(17)18)4-5-13-12(19)14-6-9(15)10(16)7-14/h8-10,15-16H,2-7H2,1H3,(H,13,19)(H,17,18). The van der Waals surface area contributed by atoms with Crippen LogP contribution in [0.15, 0.2) is 0 Å². The summed E-state index contributed by atoms with van der Waals surface area (Å²) in [6.45, 7) is 2.68. The summed E-state index contributed by atoms with van der Waals surface area (Å²) in [5, 5.41) is 29.9.